The second-order valence-corrected chi connectivity index (χ2v) is 7.06. The fraction of sp³-hybridized carbons (Fsp3) is 0.263. The van der Waals surface area contributed by atoms with E-state index in [2.05, 4.69) is 25.2 Å². The van der Waals surface area contributed by atoms with Gasteiger partial charge in [0.15, 0.2) is 6.61 Å². The Labute approximate surface area is 170 Å². The molecule has 0 aliphatic carbocycles. The lowest BCUT2D eigenvalue weighted by Crippen LogP contribution is -2.13. The molecule has 0 fully saturated rings. The summed E-state index contributed by atoms with van der Waals surface area (Å²) >= 11 is 1.44. The summed E-state index contributed by atoms with van der Waals surface area (Å²) in [4.78, 5) is 25.4. The van der Waals surface area contributed by atoms with E-state index in [4.69, 9.17) is 9.26 Å². The fourth-order valence-electron chi connectivity index (χ4n) is 2.89. The van der Waals surface area contributed by atoms with E-state index in [0.29, 0.717) is 16.8 Å². The van der Waals surface area contributed by atoms with Gasteiger partial charge in [0.2, 0.25) is 11.0 Å². The fourth-order valence-corrected chi connectivity index (χ4v) is 3.22. The van der Waals surface area contributed by atoms with E-state index < -0.39 is 5.97 Å². The summed E-state index contributed by atoms with van der Waals surface area (Å²) in [5.74, 6) is 0.789. The summed E-state index contributed by atoms with van der Waals surface area (Å²) in [6, 6.07) is 9.43. The van der Waals surface area contributed by atoms with Crippen LogP contribution in [0.2, 0.25) is 0 Å². The molecule has 4 rings (SSSR count). The zero-order chi connectivity index (χ0) is 20.4. The quantitative estimate of drug-likeness (QED) is 0.350. The molecule has 10 heteroatoms. The highest BCUT2D eigenvalue weighted by Gasteiger charge is 2.17. The molecule has 0 atom stereocenters. The van der Waals surface area contributed by atoms with Crippen molar-refractivity contribution in [1.82, 2.24) is 29.7 Å². The SMILES string of the molecule is CSc1nc2nc(C)c(CC(=O)OCc3nc(-c4ccccc4)no3)c(C)n2n1. The van der Waals surface area contributed by atoms with Gasteiger partial charge in [-0.2, -0.15) is 9.97 Å². The van der Waals surface area contributed by atoms with Gasteiger partial charge in [0.05, 0.1) is 6.42 Å². The largest absolute Gasteiger partial charge is 0.455 e. The summed E-state index contributed by atoms with van der Waals surface area (Å²) in [6.45, 7) is 3.63. The minimum atomic E-state index is -0.415. The number of aromatic nitrogens is 6. The number of carbonyl (C=O) groups excluding carboxylic acids is 1. The van der Waals surface area contributed by atoms with Crippen molar-refractivity contribution in [1.29, 1.82) is 0 Å². The molecule has 1 aromatic carbocycles. The zero-order valence-electron chi connectivity index (χ0n) is 16.1. The molecule has 0 saturated carbocycles. The number of nitrogens with zero attached hydrogens (tertiary/aromatic N) is 6. The number of carbonyl (C=O) groups is 1. The van der Waals surface area contributed by atoms with Gasteiger partial charge < -0.3 is 9.26 Å². The molecule has 0 bridgehead atoms. The molecule has 3 aromatic heterocycles. The lowest BCUT2D eigenvalue weighted by Gasteiger charge is -2.09. The highest BCUT2D eigenvalue weighted by atomic mass is 32.2. The molecular formula is C19H18N6O3S. The normalized spacial score (nSPS) is 11.1. The van der Waals surface area contributed by atoms with Gasteiger partial charge in [-0.25, -0.2) is 9.50 Å². The third-order valence-corrected chi connectivity index (χ3v) is 4.93. The van der Waals surface area contributed by atoms with E-state index >= 15 is 0 Å². The first-order valence-corrected chi connectivity index (χ1v) is 10.1. The summed E-state index contributed by atoms with van der Waals surface area (Å²) in [6.07, 6.45) is 1.96. The number of aryl methyl sites for hydroxylation is 2. The van der Waals surface area contributed by atoms with Crippen LogP contribution in [0.25, 0.3) is 17.2 Å². The topological polar surface area (TPSA) is 108 Å². The van der Waals surface area contributed by atoms with Gasteiger partial charge in [0.1, 0.15) is 0 Å². The Morgan fingerprint density at radius 1 is 1.17 bits per heavy atom. The number of hydrogen-bond acceptors (Lipinski definition) is 9. The van der Waals surface area contributed by atoms with Gasteiger partial charge in [-0.05, 0) is 20.1 Å². The van der Waals surface area contributed by atoms with Gasteiger partial charge in [-0.3, -0.25) is 4.79 Å². The Morgan fingerprint density at radius 3 is 2.72 bits per heavy atom. The Morgan fingerprint density at radius 2 is 1.97 bits per heavy atom. The maximum absolute atomic E-state index is 12.4. The van der Waals surface area contributed by atoms with Gasteiger partial charge in [-0.15, -0.1) is 5.10 Å². The highest BCUT2D eigenvalue weighted by Crippen LogP contribution is 2.18. The van der Waals surface area contributed by atoms with E-state index in [1.807, 2.05) is 50.4 Å². The van der Waals surface area contributed by atoms with Crippen LogP contribution in [0.3, 0.4) is 0 Å². The first kappa shape index (κ1) is 19.1. The van der Waals surface area contributed by atoms with Crippen LogP contribution in [0, 0.1) is 13.8 Å². The Hall–Kier alpha value is -3.27. The van der Waals surface area contributed by atoms with Crippen molar-refractivity contribution in [3.05, 3.63) is 53.2 Å². The third kappa shape index (κ3) is 3.97. The van der Waals surface area contributed by atoms with E-state index in [9.17, 15) is 4.79 Å². The summed E-state index contributed by atoms with van der Waals surface area (Å²) < 4.78 is 12.1. The zero-order valence-corrected chi connectivity index (χ0v) is 16.9. The second-order valence-electron chi connectivity index (χ2n) is 6.29. The molecule has 0 N–H and O–H groups in total. The Balaban J connectivity index is 1.44. The van der Waals surface area contributed by atoms with Gasteiger partial charge in [0.25, 0.3) is 11.7 Å². The van der Waals surface area contributed by atoms with Gasteiger partial charge >= 0.3 is 5.97 Å². The molecule has 3 heterocycles. The van der Waals surface area contributed by atoms with E-state index in [-0.39, 0.29) is 18.9 Å². The van der Waals surface area contributed by atoms with Crippen molar-refractivity contribution in [3.8, 4) is 11.4 Å². The van der Waals surface area contributed by atoms with Crippen LogP contribution in [-0.4, -0.2) is 41.9 Å². The molecule has 0 radical (unpaired) electrons. The molecule has 0 aliphatic rings. The van der Waals surface area contributed by atoms with E-state index in [1.54, 1.807) is 4.52 Å². The molecule has 0 aliphatic heterocycles. The van der Waals surface area contributed by atoms with Crippen molar-refractivity contribution < 1.29 is 14.1 Å². The summed E-state index contributed by atoms with van der Waals surface area (Å²) in [7, 11) is 0. The predicted octanol–water partition coefficient (Wildman–Crippen LogP) is 2.80. The average Bonchev–Trinajstić information content (AvgIpc) is 3.37. The van der Waals surface area contributed by atoms with Crippen molar-refractivity contribution in [2.75, 3.05) is 6.26 Å². The van der Waals surface area contributed by atoms with Crippen LogP contribution in [0.1, 0.15) is 22.8 Å². The maximum Gasteiger partial charge on any atom is 0.310 e. The Bertz CT molecular complexity index is 1170. The van der Waals surface area contributed by atoms with Crippen LogP contribution in [-0.2, 0) is 22.6 Å². The lowest BCUT2D eigenvalue weighted by molar-refractivity contribution is -0.144. The van der Waals surface area contributed by atoms with Crippen LogP contribution in [0.5, 0.6) is 0 Å². The third-order valence-electron chi connectivity index (χ3n) is 4.39. The standard InChI is InChI=1S/C19H18N6O3S/c1-11-14(12(2)25-18(20-11)22-19(23-25)29-3)9-16(26)27-10-15-21-17(24-28-15)13-7-5-4-6-8-13/h4-8H,9-10H2,1-3H3. The summed E-state index contributed by atoms with van der Waals surface area (Å²) in [5, 5.41) is 8.93. The first-order valence-electron chi connectivity index (χ1n) is 8.85. The minimum absolute atomic E-state index is 0.0642. The number of ether oxygens (including phenoxy) is 1. The molecule has 148 valence electrons. The lowest BCUT2D eigenvalue weighted by atomic mass is 10.1. The van der Waals surface area contributed by atoms with Crippen molar-refractivity contribution in [2.24, 2.45) is 0 Å². The number of fused-ring (bicyclic) bond motifs is 1. The van der Waals surface area contributed by atoms with Crippen molar-refractivity contribution in [3.63, 3.8) is 0 Å². The number of benzene rings is 1. The molecule has 0 amide bonds. The van der Waals surface area contributed by atoms with Crippen molar-refractivity contribution >= 4 is 23.5 Å². The molecule has 0 unspecified atom stereocenters. The number of esters is 1. The van der Waals surface area contributed by atoms with Crippen LogP contribution in [0.4, 0.5) is 0 Å². The van der Waals surface area contributed by atoms with Gasteiger partial charge in [-0.1, -0.05) is 47.3 Å². The van der Waals surface area contributed by atoms with Gasteiger partial charge in [0, 0.05) is 22.5 Å². The van der Waals surface area contributed by atoms with Crippen molar-refractivity contribution in [2.45, 2.75) is 32.0 Å². The predicted molar refractivity (Wildman–Crippen MR) is 105 cm³/mol. The average molecular weight is 410 g/mol. The monoisotopic (exact) mass is 410 g/mol. The molecule has 29 heavy (non-hydrogen) atoms. The Kier molecular flexibility index (Phi) is 5.26. The molecule has 9 nitrogen and oxygen atoms in total. The summed E-state index contributed by atoms with van der Waals surface area (Å²) in [5.41, 5.74) is 3.12. The highest BCUT2D eigenvalue weighted by molar-refractivity contribution is 7.98. The van der Waals surface area contributed by atoms with Crippen LogP contribution in [0.15, 0.2) is 40.0 Å². The molecular weight excluding hydrogens is 392 g/mol. The molecule has 4 aromatic rings. The smallest absolute Gasteiger partial charge is 0.310 e. The van der Waals surface area contributed by atoms with Crippen LogP contribution < -0.4 is 0 Å². The van der Waals surface area contributed by atoms with E-state index in [1.165, 1.54) is 11.8 Å². The maximum atomic E-state index is 12.4. The first-order chi connectivity index (χ1) is 14.0. The number of hydrogen-bond donors (Lipinski definition) is 0. The second kappa shape index (κ2) is 8.00. The minimum Gasteiger partial charge on any atom is -0.455 e. The number of thioether (sulfide) groups is 1. The van der Waals surface area contributed by atoms with Crippen LogP contribution >= 0.6 is 11.8 Å². The number of rotatable bonds is 6. The molecule has 0 spiro atoms. The molecule has 0 saturated heterocycles. The van der Waals surface area contributed by atoms with E-state index in [0.717, 1.165) is 22.5 Å².